The standard InChI is InChI=1S/C15H19N3O/c16-18-11-5-3-8(4-6-11)15(19)17-14-12-9-1-2-10(7-9)13(12)14/h3-6,9-10,12-14,18H,1-2,7,16H2,(H,17,19). The zero-order chi connectivity index (χ0) is 13.0. The summed E-state index contributed by atoms with van der Waals surface area (Å²) in [7, 11) is 0. The molecule has 1 amide bonds. The van der Waals surface area contributed by atoms with Crippen molar-refractivity contribution in [2.45, 2.75) is 25.3 Å². The summed E-state index contributed by atoms with van der Waals surface area (Å²) in [6.45, 7) is 0. The van der Waals surface area contributed by atoms with Gasteiger partial charge in [-0.15, -0.1) is 0 Å². The number of hydrazine groups is 1. The molecule has 0 aliphatic heterocycles. The van der Waals surface area contributed by atoms with E-state index in [1.807, 2.05) is 24.3 Å². The topological polar surface area (TPSA) is 67.1 Å². The Labute approximate surface area is 112 Å². The Morgan fingerprint density at radius 2 is 1.74 bits per heavy atom. The maximum Gasteiger partial charge on any atom is 0.251 e. The van der Waals surface area contributed by atoms with Crippen LogP contribution in [0.4, 0.5) is 5.69 Å². The third kappa shape index (κ3) is 1.66. The highest BCUT2D eigenvalue weighted by Crippen LogP contribution is 2.65. The average Bonchev–Trinajstić information content (AvgIpc) is 2.85. The van der Waals surface area contributed by atoms with Crippen molar-refractivity contribution in [2.24, 2.45) is 29.5 Å². The van der Waals surface area contributed by atoms with Crippen LogP contribution in [0.25, 0.3) is 0 Å². The van der Waals surface area contributed by atoms with Crippen molar-refractivity contribution in [2.75, 3.05) is 5.43 Å². The Morgan fingerprint density at radius 3 is 2.32 bits per heavy atom. The van der Waals surface area contributed by atoms with Crippen molar-refractivity contribution in [3.8, 4) is 0 Å². The molecule has 4 unspecified atom stereocenters. The molecule has 4 N–H and O–H groups in total. The van der Waals surface area contributed by atoms with Crippen molar-refractivity contribution in [3.05, 3.63) is 29.8 Å². The third-order valence-electron chi connectivity index (χ3n) is 5.35. The minimum absolute atomic E-state index is 0.0578. The van der Waals surface area contributed by atoms with E-state index in [4.69, 9.17) is 5.84 Å². The van der Waals surface area contributed by atoms with Gasteiger partial charge in [0.15, 0.2) is 0 Å². The number of hydrogen-bond donors (Lipinski definition) is 3. The molecular weight excluding hydrogens is 238 g/mol. The number of carbonyl (C=O) groups is 1. The van der Waals surface area contributed by atoms with E-state index in [1.165, 1.54) is 19.3 Å². The van der Waals surface area contributed by atoms with Gasteiger partial charge in [0.2, 0.25) is 0 Å². The lowest BCUT2D eigenvalue weighted by Gasteiger charge is -2.11. The van der Waals surface area contributed by atoms with E-state index in [2.05, 4.69) is 10.7 Å². The van der Waals surface area contributed by atoms with Crippen LogP contribution in [0.3, 0.4) is 0 Å². The first kappa shape index (κ1) is 11.3. The van der Waals surface area contributed by atoms with E-state index in [-0.39, 0.29) is 5.91 Å². The second kappa shape index (κ2) is 3.97. The summed E-state index contributed by atoms with van der Waals surface area (Å²) in [5.41, 5.74) is 4.10. The summed E-state index contributed by atoms with van der Waals surface area (Å²) in [6, 6.07) is 7.74. The summed E-state index contributed by atoms with van der Waals surface area (Å²) >= 11 is 0. The molecule has 3 saturated carbocycles. The van der Waals surface area contributed by atoms with Gasteiger partial charge in [-0.1, -0.05) is 0 Å². The van der Waals surface area contributed by atoms with E-state index in [1.54, 1.807) is 0 Å². The molecule has 4 rings (SSSR count). The summed E-state index contributed by atoms with van der Waals surface area (Å²) in [6.07, 6.45) is 4.18. The number of carbonyl (C=O) groups excluding carboxylic acids is 1. The molecule has 100 valence electrons. The fraction of sp³-hybridized carbons (Fsp3) is 0.533. The van der Waals surface area contributed by atoms with Gasteiger partial charge in [-0.3, -0.25) is 10.6 Å². The first-order valence-corrected chi connectivity index (χ1v) is 7.15. The number of amides is 1. The fourth-order valence-corrected chi connectivity index (χ4v) is 4.47. The highest BCUT2D eigenvalue weighted by atomic mass is 16.1. The van der Waals surface area contributed by atoms with Crippen molar-refractivity contribution >= 4 is 11.6 Å². The van der Waals surface area contributed by atoms with Crippen LogP contribution in [0.15, 0.2) is 24.3 Å². The molecule has 4 heteroatoms. The van der Waals surface area contributed by atoms with Crippen LogP contribution in [0.1, 0.15) is 29.6 Å². The van der Waals surface area contributed by atoms with Gasteiger partial charge in [-0.25, -0.2) is 0 Å². The van der Waals surface area contributed by atoms with Gasteiger partial charge >= 0.3 is 0 Å². The molecule has 0 spiro atoms. The zero-order valence-electron chi connectivity index (χ0n) is 10.8. The third-order valence-corrected chi connectivity index (χ3v) is 5.35. The molecule has 4 nitrogen and oxygen atoms in total. The van der Waals surface area contributed by atoms with Gasteiger partial charge in [0.25, 0.3) is 5.91 Å². The van der Waals surface area contributed by atoms with E-state index >= 15 is 0 Å². The van der Waals surface area contributed by atoms with Crippen LogP contribution in [0, 0.1) is 23.7 Å². The van der Waals surface area contributed by atoms with Crippen LogP contribution in [-0.4, -0.2) is 11.9 Å². The molecule has 3 aliphatic rings. The summed E-state index contributed by atoms with van der Waals surface area (Å²) < 4.78 is 0. The smallest absolute Gasteiger partial charge is 0.251 e. The normalized spacial score (nSPS) is 37.8. The molecule has 1 aromatic carbocycles. The molecule has 0 aromatic heterocycles. The van der Waals surface area contributed by atoms with E-state index in [0.29, 0.717) is 6.04 Å². The minimum Gasteiger partial charge on any atom is -0.349 e. The molecule has 19 heavy (non-hydrogen) atoms. The lowest BCUT2D eigenvalue weighted by molar-refractivity contribution is 0.0944. The Hall–Kier alpha value is -1.55. The number of nitrogen functional groups attached to an aromatic ring is 1. The number of rotatable bonds is 3. The number of hydrogen-bond acceptors (Lipinski definition) is 3. The predicted molar refractivity (Wildman–Crippen MR) is 73.3 cm³/mol. The quantitative estimate of drug-likeness (QED) is 0.571. The van der Waals surface area contributed by atoms with Gasteiger partial charge in [0.1, 0.15) is 0 Å². The molecule has 4 atom stereocenters. The molecule has 3 fully saturated rings. The summed E-state index contributed by atoms with van der Waals surface area (Å²) in [4.78, 5) is 12.2. The molecule has 1 aromatic rings. The molecule has 0 heterocycles. The van der Waals surface area contributed by atoms with Gasteiger partial charge in [-0.2, -0.15) is 0 Å². The molecular formula is C15H19N3O. The van der Waals surface area contributed by atoms with E-state index in [9.17, 15) is 4.79 Å². The van der Waals surface area contributed by atoms with Gasteiger partial charge in [-0.05, 0) is 67.2 Å². The average molecular weight is 257 g/mol. The highest BCUT2D eigenvalue weighted by Gasteiger charge is 2.65. The molecule has 0 radical (unpaired) electrons. The minimum atomic E-state index is 0.0578. The Bertz CT molecular complexity index is 497. The van der Waals surface area contributed by atoms with Gasteiger partial charge in [0.05, 0.1) is 0 Å². The van der Waals surface area contributed by atoms with Gasteiger partial charge in [0, 0.05) is 17.3 Å². The van der Waals surface area contributed by atoms with Crippen molar-refractivity contribution in [3.63, 3.8) is 0 Å². The number of benzene rings is 1. The highest BCUT2D eigenvalue weighted by molar-refractivity contribution is 5.95. The van der Waals surface area contributed by atoms with Crippen molar-refractivity contribution in [1.29, 1.82) is 0 Å². The van der Waals surface area contributed by atoms with Crippen LogP contribution in [0.2, 0.25) is 0 Å². The SMILES string of the molecule is NNc1ccc(C(=O)NC2C3C4CCC(C4)C23)cc1. The number of anilines is 1. The number of nitrogens with two attached hydrogens (primary N) is 1. The molecule has 0 saturated heterocycles. The van der Waals surface area contributed by atoms with E-state index in [0.717, 1.165) is 34.9 Å². The van der Waals surface area contributed by atoms with Crippen LogP contribution >= 0.6 is 0 Å². The van der Waals surface area contributed by atoms with Gasteiger partial charge < -0.3 is 10.7 Å². The van der Waals surface area contributed by atoms with E-state index < -0.39 is 0 Å². The Morgan fingerprint density at radius 1 is 1.11 bits per heavy atom. The van der Waals surface area contributed by atoms with Crippen LogP contribution in [0.5, 0.6) is 0 Å². The summed E-state index contributed by atoms with van der Waals surface area (Å²) in [5, 5.41) is 3.22. The monoisotopic (exact) mass is 257 g/mol. The second-order valence-electron chi connectivity index (χ2n) is 6.21. The van der Waals surface area contributed by atoms with Crippen LogP contribution in [-0.2, 0) is 0 Å². The molecule has 3 aliphatic carbocycles. The lowest BCUT2D eigenvalue weighted by Crippen LogP contribution is -2.29. The Balaban J connectivity index is 1.42. The lowest BCUT2D eigenvalue weighted by atomic mass is 10.0. The first-order valence-electron chi connectivity index (χ1n) is 7.15. The predicted octanol–water partition coefficient (Wildman–Crippen LogP) is 1.75. The maximum absolute atomic E-state index is 12.2. The number of fused-ring (bicyclic) bond motifs is 5. The molecule has 2 bridgehead atoms. The number of nitrogens with one attached hydrogen (secondary N) is 2. The Kier molecular flexibility index (Phi) is 2.36. The first-order chi connectivity index (χ1) is 9.28. The zero-order valence-corrected chi connectivity index (χ0v) is 10.8. The second-order valence-corrected chi connectivity index (χ2v) is 6.21. The van der Waals surface area contributed by atoms with Crippen molar-refractivity contribution < 1.29 is 4.79 Å². The fourth-order valence-electron chi connectivity index (χ4n) is 4.47. The summed E-state index contributed by atoms with van der Waals surface area (Å²) in [5.74, 6) is 8.73. The largest absolute Gasteiger partial charge is 0.349 e. The van der Waals surface area contributed by atoms with Crippen LogP contribution < -0.4 is 16.6 Å². The maximum atomic E-state index is 12.2. The van der Waals surface area contributed by atoms with Crippen molar-refractivity contribution in [1.82, 2.24) is 5.32 Å².